The van der Waals surface area contributed by atoms with Crippen molar-refractivity contribution < 1.29 is 42.1 Å². The first-order chi connectivity index (χ1) is 25.0. The first kappa shape index (κ1) is 50.5. The highest BCUT2D eigenvalue weighted by atomic mass is 31.2. The molecular formula is C42H81NO8P+. The van der Waals surface area contributed by atoms with Crippen LogP contribution in [0.1, 0.15) is 181 Å². The summed E-state index contributed by atoms with van der Waals surface area (Å²) < 4.78 is 34.2. The van der Waals surface area contributed by atoms with Crippen LogP contribution in [0.2, 0.25) is 0 Å². The van der Waals surface area contributed by atoms with Gasteiger partial charge in [-0.2, -0.15) is 0 Å². The predicted molar refractivity (Wildman–Crippen MR) is 215 cm³/mol. The molecule has 0 aliphatic rings. The van der Waals surface area contributed by atoms with Crippen molar-refractivity contribution in [3.63, 3.8) is 0 Å². The van der Waals surface area contributed by atoms with Crippen molar-refractivity contribution in [1.29, 1.82) is 0 Å². The maximum Gasteiger partial charge on any atom is 0.472 e. The Balaban J connectivity index is 4.41. The van der Waals surface area contributed by atoms with Gasteiger partial charge in [0.25, 0.3) is 0 Å². The summed E-state index contributed by atoms with van der Waals surface area (Å²) in [6.07, 6.45) is 36.4. The summed E-state index contributed by atoms with van der Waals surface area (Å²) in [4.78, 5) is 35.3. The zero-order valence-corrected chi connectivity index (χ0v) is 35.2. The third kappa shape index (κ3) is 38.2. The lowest BCUT2D eigenvalue weighted by Crippen LogP contribution is -2.37. The molecule has 1 unspecified atom stereocenters. The van der Waals surface area contributed by atoms with Crippen LogP contribution in [0.5, 0.6) is 0 Å². The summed E-state index contributed by atoms with van der Waals surface area (Å²) in [5.41, 5.74) is 0. The lowest BCUT2D eigenvalue weighted by atomic mass is 10.0. The molecule has 0 aliphatic carbocycles. The van der Waals surface area contributed by atoms with Crippen LogP contribution in [0.15, 0.2) is 24.3 Å². The Kier molecular flexibility index (Phi) is 34.2. The third-order valence-corrected chi connectivity index (χ3v) is 9.97. The molecule has 0 saturated carbocycles. The number of esters is 2. The van der Waals surface area contributed by atoms with Gasteiger partial charge < -0.3 is 18.9 Å². The Labute approximate surface area is 319 Å². The molecule has 0 amide bonds. The molecule has 0 rings (SSSR count). The Morgan fingerprint density at radius 3 is 1.56 bits per heavy atom. The Morgan fingerprint density at radius 1 is 0.596 bits per heavy atom. The van der Waals surface area contributed by atoms with Gasteiger partial charge in [0.2, 0.25) is 0 Å². The van der Waals surface area contributed by atoms with Crippen molar-refractivity contribution in [2.24, 2.45) is 0 Å². The van der Waals surface area contributed by atoms with E-state index in [0.717, 1.165) is 57.8 Å². The zero-order valence-electron chi connectivity index (χ0n) is 34.3. The molecule has 306 valence electrons. The van der Waals surface area contributed by atoms with Crippen LogP contribution in [-0.4, -0.2) is 74.9 Å². The number of hydrogen-bond acceptors (Lipinski definition) is 7. The number of phosphoric ester groups is 1. The fourth-order valence-corrected chi connectivity index (χ4v) is 6.37. The van der Waals surface area contributed by atoms with E-state index < -0.39 is 26.5 Å². The zero-order chi connectivity index (χ0) is 38.6. The summed E-state index contributed by atoms with van der Waals surface area (Å²) >= 11 is 0. The van der Waals surface area contributed by atoms with Crippen LogP contribution in [-0.2, 0) is 32.7 Å². The van der Waals surface area contributed by atoms with Gasteiger partial charge in [0.15, 0.2) is 6.10 Å². The fraction of sp³-hybridized carbons (Fsp3) is 0.857. The van der Waals surface area contributed by atoms with Gasteiger partial charge in [0, 0.05) is 12.8 Å². The number of unbranched alkanes of at least 4 members (excludes halogenated alkanes) is 20. The smallest absolute Gasteiger partial charge is 0.462 e. The Bertz CT molecular complexity index is 949. The number of allylic oxidation sites excluding steroid dienone is 4. The first-order valence-corrected chi connectivity index (χ1v) is 22.6. The van der Waals surface area contributed by atoms with E-state index in [1.54, 1.807) is 0 Å². The average molecular weight is 759 g/mol. The minimum absolute atomic E-state index is 0.0304. The molecule has 0 aliphatic heterocycles. The monoisotopic (exact) mass is 759 g/mol. The number of carbonyl (C=O) groups excluding carboxylic acids is 2. The van der Waals surface area contributed by atoms with Crippen LogP contribution in [0, 0.1) is 0 Å². The van der Waals surface area contributed by atoms with Gasteiger partial charge in [-0.1, -0.05) is 147 Å². The number of likely N-dealkylation sites (N-methyl/N-ethyl adjacent to an activating group) is 1. The van der Waals surface area contributed by atoms with Crippen molar-refractivity contribution in [2.45, 2.75) is 187 Å². The van der Waals surface area contributed by atoms with Crippen LogP contribution >= 0.6 is 7.82 Å². The molecule has 0 saturated heterocycles. The van der Waals surface area contributed by atoms with Gasteiger partial charge in [-0.05, 0) is 44.9 Å². The number of quaternary nitrogens is 1. The van der Waals surface area contributed by atoms with E-state index in [9.17, 15) is 19.0 Å². The molecular weight excluding hydrogens is 677 g/mol. The summed E-state index contributed by atoms with van der Waals surface area (Å²) in [7, 11) is 1.47. The van der Waals surface area contributed by atoms with Gasteiger partial charge >= 0.3 is 19.8 Å². The molecule has 0 heterocycles. The highest BCUT2D eigenvalue weighted by molar-refractivity contribution is 7.47. The van der Waals surface area contributed by atoms with Crippen molar-refractivity contribution in [3.05, 3.63) is 24.3 Å². The maximum atomic E-state index is 12.6. The number of phosphoric acid groups is 1. The van der Waals surface area contributed by atoms with E-state index in [1.807, 2.05) is 21.1 Å². The second-order valence-corrected chi connectivity index (χ2v) is 16.8. The van der Waals surface area contributed by atoms with E-state index in [-0.39, 0.29) is 32.0 Å². The lowest BCUT2D eigenvalue weighted by Gasteiger charge is -2.24. The SMILES string of the molecule is CCCCC/C=C\C/C=C\CCCCCCCC(=O)O[C@H](COC(=O)CCCCCCCCCCCCCCC)COP(=O)(O)OCC[N+](C)(C)C. The van der Waals surface area contributed by atoms with Crippen LogP contribution in [0.4, 0.5) is 0 Å². The molecule has 0 bridgehead atoms. The molecule has 0 spiro atoms. The molecule has 2 atom stereocenters. The first-order valence-electron chi connectivity index (χ1n) is 21.1. The van der Waals surface area contributed by atoms with Gasteiger partial charge in [-0.15, -0.1) is 0 Å². The van der Waals surface area contributed by atoms with Gasteiger partial charge in [0.05, 0.1) is 27.7 Å². The average Bonchev–Trinajstić information content (AvgIpc) is 3.09. The van der Waals surface area contributed by atoms with Crippen LogP contribution in [0.3, 0.4) is 0 Å². The lowest BCUT2D eigenvalue weighted by molar-refractivity contribution is -0.870. The van der Waals surface area contributed by atoms with Gasteiger partial charge in [-0.25, -0.2) is 4.57 Å². The quantitative estimate of drug-likeness (QED) is 0.0218. The molecule has 9 nitrogen and oxygen atoms in total. The number of nitrogens with zero attached hydrogens (tertiary/aromatic N) is 1. The van der Waals surface area contributed by atoms with Crippen LogP contribution < -0.4 is 0 Å². The minimum atomic E-state index is -4.37. The largest absolute Gasteiger partial charge is 0.472 e. The highest BCUT2D eigenvalue weighted by Crippen LogP contribution is 2.43. The molecule has 0 fully saturated rings. The second kappa shape index (κ2) is 35.2. The Hall–Kier alpha value is -1.51. The van der Waals surface area contributed by atoms with Crippen molar-refractivity contribution >= 4 is 19.8 Å². The number of rotatable bonds is 38. The second-order valence-electron chi connectivity index (χ2n) is 15.4. The summed E-state index contributed by atoms with van der Waals surface area (Å²) in [6.45, 7) is 4.38. The van der Waals surface area contributed by atoms with E-state index in [0.29, 0.717) is 17.4 Å². The van der Waals surface area contributed by atoms with Crippen molar-refractivity contribution in [1.82, 2.24) is 0 Å². The van der Waals surface area contributed by atoms with Crippen molar-refractivity contribution in [3.8, 4) is 0 Å². The topological polar surface area (TPSA) is 108 Å². The predicted octanol–water partition coefficient (Wildman–Crippen LogP) is 11.6. The molecule has 0 aromatic rings. The van der Waals surface area contributed by atoms with Crippen molar-refractivity contribution in [2.75, 3.05) is 47.5 Å². The molecule has 0 aromatic carbocycles. The molecule has 1 N–H and O–H groups in total. The Morgan fingerprint density at radius 2 is 1.04 bits per heavy atom. The summed E-state index contributed by atoms with van der Waals surface area (Å²) in [6, 6.07) is 0. The summed E-state index contributed by atoms with van der Waals surface area (Å²) in [5, 5.41) is 0. The molecule has 52 heavy (non-hydrogen) atoms. The van der Waals surface area contributed by atoms with E-state index in [1.165, 1.54) is 89.9 Å². The van der Waals surface area contributed by atoms with Gasteiger partial charge in [0.1, 0.15) is 19.8 Å². The van der Waals surface area contributed by atoms with Gasteiger partial charge in [-0.3, -0.25) is 18.6 Å². The van der Waals surface area contributed by atoms with Crippen LogP contribution in [0.25, 0.3) is 0 Å². The third-order valence-electron chi connectivity index (χ3n) is 8.98. The minimum Gasteiger partial charge on any atom is -0.462 e. The number of ether oxygens (including phenoxy) is 2. The molecule has 10 heteroatoms. The highest BCUT2D eigenvalue weighted by Gasteiger charge is 2.27. The normalized spacial score (nSPS) is 13.9. The fourth-order valence-electron chi connectivity index (χ4n) is 5.63. The van der Waals surface area contributed by atoms with E-state index in [2.05, 4.69) is 38.2 Å². The maximum absolute atomic E-state index is 12.6. The molecule has 0 aromatic heterocycles. The van der Waals surface area contributed by atoms with E-state index in [4.69, 9.17) is 18.5 Å². The number of carbonyl (C=O) groups is 2. The number of hydrogen-bond donors (Lipinski definition) is 1. The van der Waals surface area contributed by atoms with E-state index >= 15 is 0 Å². The molecule has 0 radical (unpaired) electrons. The summed E-state index contributed by atoms with van der Waals surface area (Å²) in [5.74, 6) is -0.810. The standard InChI is InChI=1S/C42H80NO8P/c1-6-8-10-12-14-16-18-20-21-23-25-27-29-31-33-35-42(45)51-40(39-50-52(46,47)49-37-36-43(3,4)5)38-48-41(44)34-32-30-28-26-24-22-19-17-15-13-11-9-7-2/h14,16,20-21,40H,6-13,15,17-19,22-39H2,1-5H3/p+1/b16-14-,21-20-/t40-/m1/s1.